The molecular weight excluding hydrogens is 420 g/mol. The number of rotatable bonds is 5. The molecule has 5 rings (SSSR count). The van der Waals surface area contributed by atoms with Crippen LogP contribution < -0.4 is 9.47 Å². The molecule has 5 heterocycles. The summed E-state index contributed by atoms with van der Waals surface area (Å²) in [4.78, 5) is 36.3. The Hall–Kier alpha value is -4.01. The summed E-state index contributed by atoms with van der Waals surface area (Å²) in [6.45, 7) is 4.82. The molecule has 4 aromatic rings. The van der Waals surface area contributed by atoms with Crippen molar-refractivity contribution < 1.29 is 14.3 Å². The fourth-order valence-electron chi connectivity index (χ4n) is 3.89. The molecule has 1 aliphatic heterocycles. The highest BCUT2D eigenvalue weighted by Gasteiger charge is 2.28. The van der Waals surface area contributed by atoms with E-state index < -0.39 is 0 Å². The fraction of sp³-hybridized carbons (Fsp3) is 0.292. The molecular formula is C24H24N6O3. The van der Waals surface area contributed by atoms with Crippen molar-refractivity contribution in [3.63, 3.8) is 0 Å². The Labute approximate surface area is 190 Å². The maximum atomic E-state index is 13.3. The van der Waals surface area contributed by atoms with Gasteiger partial charge in [0, 0.05) is 37.0 Å². The van der Waals surface area contributed by atoms with Gasteiger partial charge in [-0.3, -0.25) is 9.78 Å². The van der Waals surface area contributed by atoms with Gasteiger partial charge in [0.1, 0.15) is 5.69 Å². The zero-order valence-electron chi connectivity index (χ0n) is 18.7. The molecule has 0 saturated heterocycles. The Morgan fingerprint density at radius 3 is 2.82 bits per heavy atom. The number of nitrogens with one attached hydrogen (secondary N) is 1. The van der Waals surface area contributed by atoms with Gasteiger partial charge in [-0.2, -0.15) is 4.98 Å². The molecule has 1 N–H and O–H groups in total. The van der Waals surface area contributed by atoms with E-state index in [0.29, 0.717) is 48.3 Å². The lowest BCUT2D eigenvalue weighted by molar-refractivity contribution is 0.0725. The SMILES string of the molecule is COc1ccc2[nH]c(C(=O)N3CCc4nc(-c5cccnc5)nc(OC(C)C)c4C3)cc2n1. The summed E-state index contributed by atoms with van der Waals surface area (Å²) in [5.74, 6) is 1.48. The van der Waals surface area contributed by atoms with Crippen LogP contribution in [0, 0.1) is 0 Å². The van der Waals surface area contributed by atoms with E-state index in [9.17, 15) is 4.79 Å². The largest absolute Gasteiger partial charge is 0.481 e. The lowest BCUT2D eigenvalue weighted by atomic mass is 10.1. The van der Waals surface area contributed by atoms with Crippen LogP contribution in [0.25, 0.3) is 22.4 Å². The van der Waals surface area contributed by atoms with Crippen LogP contribution in [0.2, 0.25) is 0 Å². The van der Waals surface area contributed by atoms with Crippen molar-refractivity contribution >= 4 is 16.9 Å². The maximum absolute atomic E-state index is 13.3. The van der Waals surface area contributed by atoms with E-state index >= 15 is 0 Å². The number of hydrogen-bond acceptors (Lipinski definition) is 7. The smallest absolute Gasteiger partial charge is 0.270 e. The van der Waals surface area contributed by atoms with Gasteiger partial charge in [0.25, 0.3) is 5.91 Å². The Bertz CT molecular complexity index is 1320. The average molecular weight is 444 g/mol. The van der Waals surface area contributed by atoms with E-state index in [1.165, 1.54) is 0 Å². The van der Waals surface area contributed by atoms with E-state index in [4.69, 9.17) is 14.5 Å². The van der Waals surface area contributed by atoms with Crippen LogP contribution in [-0.4, -0.2) is 55.5 Å². The molecule has 0 saturated carbocycles. The Morgan fingerprint density at radius 1 is 1.18 bits per heavy atom. The number of ether oxygens (including phenoxy) is 2. The number of aromatic amines is 1. The number of carbonyl (C=O) groups is 1. The minimum absolute atomic E-state index is 0.0633. The minimum atomic E-state index is -0.107. The van der Waals surface area contributed by atoms with Gasteiger partial charge in [-0.25, -0.2) is 9.97 Å². The summed E-state index contributed by atoms with van der Waals surface area (Å²) in [6.07, 6.45) is 3.99. The summed E-state index contributed by atoms with van der Waals surface area (Å²) < 4.78 is 11.2. The standard InChI is InChI=1S/C24H24N6O3/c1-14(2)33-23-16-13-30(10-8-17(16)28-22(29-23)15-5-4-9-25-12-15)24(31)20-11-19-18(26-20)6-7-21(27-19)32-3/h4-7,9,11-12,14,26H,8,10,13H2,1-3H3. The van der Waals surface area contributed by atoms with Gasteiger partial charge in [-0.15, -0.1) is 0 Å². The number of amides is 1. The first-order valence-corrected chi connectivity index (χ1v) is 10.8. The van der Waals surface area contributed by atoms with Crippen LogP contribution in [0.4, 0.5) is 0 Å². The van der Waals surface area contributed by atoms with Crippen molar-refractivity contribution in [2.24, 2.45) is 0 Å². The highest BCUT2D eigenvalue weighted by atomic mass is 16.5. The summed E-state index contributed by atoms with van der Waals surface area (Å²) in [6, 6.07) is 9.14. The number of pyridine rings is 2. The third-order valence-electron chi connectivity index (χ3n) is 5.47. The van der Waals surface area contributed by atoms with E-state index in [0.717, 1.165) is 22.3 Å². The van der Waals surface area contributed by atoms with Crippen LogP contribution in [-0.2, 0) is 13.0 Å². The molecule has 9 heteroatoms. The molecule has 4 aromatic heterocycles. The van der Waals surface area contributed by atoms with Crippen LogP contribution in [0.15, 0.2) is 42.7 Å². The number of methoxy groups -OCH3 is 1. The summed E-state index contributed by atoms with van der Waals surface area (Å²) in [7, 11) is 1.57. The molecule has 1 amide bonds. The van der Waals surface area contributed by atoms with E-state index in [2.05, 4.69) is 19.9 Å². The molecule has 0 aliphatic carbocycles. The van der Waals surface area contributed by atoms with Crippen molar-refractivity contribution in [3.8, 4) is 23.1 Å². The first-order valence-electron chi connectivity index (χ1n) is 10.8. The lowest BCUT2D eigenvalue weighted by Crippen LogP contribution is -2.37. The molecule has 9 nitrogen and oxygen atoms in total. The normalized spacial score (nSPS) is 13.3. The molecule has 0 aromatic carbocycles. The number of H-pyrrole nitrogens is 1. The highest BCUT2D eigenvalue weighted by molar-refractivity contribution is 5.97. The second-order valence-electron chi connectivity index (χ2n) is 8.13. The van der Waals surface area contributed by atoms with Gasteiger partial charge in [0.2, 0.25) is 11.8 Å². The zero-order valence-corrected chi connectivity index (χ0v) is 18.7. The van der Waals surface area contributed by atoms with E-state index in [1.54, 1.807) is 36.5 Å². The average Bonchev–Trinajstić information content (AvgIpc) is 3.26. The molecule has 0 unspecified atom stereocenters. The van der Waals surface area contributed by atoms with Gasteiger partial charge >= 0.3 is 0 Å². The summed E-state index contributed by atoms with van der Waals surface area (Å²) in [5, 5.41) is 0. The molecule has 1 aliphatic rings. The Morgan fingerprint density at radius 2 is 2.06 bits per heavy atom. The van der Waals surface area contributed by atoms with E-state index in [1.807, 2.05) is 32.0 Å². The number of hydrogen-bond donors (Lipinski definition) is 1. The third kappa shape index (κ3) is 4.09. The van der Waals surface area contributed by atoms with Crippen molar-refractivity contribution in [2.45, 2.75) is 32.9 Å². The van der Waals surface area contributed by atoms with Crippen molar-refractivity contribution in [3.05, 3.63) is 59.7 Å². The lowest BCUT2D eigenvalue weighted by Gasteiger charge is -2.29. The summed E-state index contributed by atoms with van der Waals surface area (Å²) in [5.41, 5.74) is 4.51. The van der Waals surface area contributed by atoms with Gasteiger partial charge in [-0.05, 0) is 38.1 Å². The van der Waals surface area contributed by atoms with E-state index in [-0.39, 0.29) is 12.0 Å². The van der Waals surface area contributed by atoms with Crippen molar-refractivity contribution in [1.29, 1.82) is 0 Å². The van der Waals surface area contributed by atoms with Crippen molar-refractivity contribution in [2.75, 3.05) is 13.7 Å². The predicted octanol–water partition coefficient (Wildman–Crippen LogP) is 3.41. The monoisotopic (exact) mass is 444 g/mol. The molecule has 168 valence electrons. The zero-order chi connectivity index (χ0) is 22.9. The molecule has 0 spiro atoms. The maximum Gasteiger partial charge on any atom is 0.270 e. The fourth-order valence-corrected chi connectivity index (χ4v) is 3.89. The number of nitrogens with zero attached hydrogens (tertiary/aromatic N) is 5. The van der Waals surface area contributed by atoms with Gasteiger partial charge in [0.15, 0.2) is 5.82 Å². The van der Waals surface area contributed by atoms with Crippen LogP contribution >= 0.6 is 0 Å². The van der Waals surface area contributed by atoms with Crippen LogP contribution in [0.1, 0.15) is 35.6 Å². The topological polar surface area (TPSA) is 106 Å². The molecule has 0 fully saturated rings. The van der Waals surface area contributed by atoms with Crippen molar-refractivity contribution in [1.82, 2.24) is 29.8 Å². The second-order valence-corrected chi connectivity index (χ2v) is 8.13. The molecule has 33 heavy (non-hydrogen) atoms. The first-order chi connectivity index (χ1) is 16.0. The van der Waals surface area contributed by atoms with Gasteiger partial charge in [-0.1, -0.05) is 0 Å². The minimum Gasteiger partial charge on any atom is -0.481 e. The molecule has 0 radical (unpaired) electrons. The Kier molecular flexibility index (Phi) is 5.37. The van der Waals surface area contributed by atoms with Crippen LogP contribution in [0.3, 0.4) is 0 Å². The number of carbonyl (C=O) groups excluding carboxylic acids is 1. The number of fused-ring (bicyclic) bond motifs is 2. The first kappa shape index (κ1) is 20.9. The van der Waals surface area contributed by atoms with Gasteiger partial charge in [0.05, 0.1) is 42.0 Å². The number of aromatic nitrogens is 5. The van der Waals surface area contributed by atoms with Crippen LogP contribution in [0.5, 0.6) is 11.8 Å². The quantitative estimate of drug-likeness (QED) is 0.503. The Balaban J connectivity index is 1.46. The molecule has 0 atom stereocenters. The third-order valence-corrected chi connectivity index (χ3v) is 5.47. The highest BCUT2D eigenvalue weighted by Crippen LogP contribution is 2.30. The predicted molar refractivity (Wildman–Crippen MR) is 122 cm³/mol. The second kappa shape index (κ2) is 8.50. The molecule has 0 bridgehead atoms. The summed E-state index contributed by atoms with van der Waals surface area (Å²) >= 11 is 0. The van der Waals surface area contributed by atoms with Gasteiger partial charge < -0.3 is 19.4 Å².